The maximum Gasteiger partial charge on any atom is 0.210 e. The van der Waals surface area contributed by atoms with Gasteiger partial charge in [-0.2, -0.15) is 0 Å². The lowest BCUT2D eigenvalue weighted by atomic mass is 9.48. The number of rotatable bonds is 5. The van der Waals surface area contributed by atoms with Crippen molar-refractivity contribution in [1.29, 1.82) is 0 Å². The zero-order valence-electron chi connectivity index (χ0n) is 13.6. The van der Waals surface area contributed by atoms with E-state index >= 15 is 0 Å². The highest BCUT2D eigenvalue weighted by atomic mass is 32.2. The van der Waals surface area contributed by atoms with Crippen LogP contribution in [-0.4, -0.2) is 31.2 Å². The Kier molecular flexibility index (Phi) is 3.16. The third kappa shape index (κ3) is 2.36. The maximum absolute atomic E-state index is 13.3. The highest BCUT2D eigenvalue weighted by Crippen LogP contribution is 2.61. The Morgan fingerprint density at radius 3 is 2.35 bits per heavy atom. The minimum atomic E-state index is -0.0326. The quantitative estimate of drug-likeness (QED) is 0.775. The van der Waals surface area contributed by atoms with Gasteiger partial charge in [0.05, 0.1) is 11.3 Å². The molecule has 4 bridgehead atoms. The lowest BCUT2D eigenvalue weighted by Crippen LogP contribution is -2.51. The standard InChI is InChI=1S/C17H24N4OS/c1-10(23-16-18-19-20-21(16)14-2-3-14)15(22)17-7-11-4-12(8-17)6-13(5-11)9-17/h10-14H,2-9H2,1H3. The van der Waals surface area contributed by atoms with Crippen LogP contribution in [0.25, 0.3) is 0 Å². The van der Waals surface area contributed by atoms with E-state index in [1.807, 2.05) is 4.68 Å². The van der Waals surface area contributed by atoms with Crippen LogP contribution in [0.3, 0.4) is 0 Å². The van der Waals surface area contributed by atoms with Crippen molar-refractivity contribution in [1.82, 2.24) is 20.2 Å². The van der Waals surface area contributed by atoms with Gasteiger partial charge in [0.2, 0.25) is 5.16 Å². The first-order valence-electron chi connectivity index (χ1n) is 9.12. The van der Waals surface area contributed by atoms with Crippen molar-refractivity contribution in [3.63, 3.8) is 0 Å². The second-order valence-corrected chi connectivity index (χ2v) is 9.77. The van der Waals surface area contributed by atoms with Crippen LogP contribution in [0.2, 0.25) is 0 Å². The second kappa shape index (κ2) is 5.04. The summed E-state index contributed by atoms with van der Waals surface area (Å²) in [5, 5.41) is 12.9. The van der Waals surface area contributed by atoms with Gasteiger partial charge in [0.25, 0.3) is 0 Å². The summed E-state index contributed by atoms with van der Waals surface area (Å²) in [4.78, 5) is 13.3. The summed E-state index contributed by atoms with van der Waals surface area (Å²) in [5.41, 5.74) is -0.0149. The third-order valence-corrected chi connectivity index (χ3v) is 7.61. The van der Waals surface area contributed by atoms with Crippen LogP contribution in [-0.2, 0) is 4.79 Å². The van der Waals surface area contributed by atoms with Gasteiger partial charge < -0.3 is 0 Å². The van der Waals surface area contributed by atoms with Gasteiger partial charge in [-0.15, -0.1) is 5.10 Å². The van der Waals surface area contributed by atoms with Gasteiger partial charge >= 0.3 is 0 Å². The molecule has 1 unspecified atom stereocenters. The fraction of sp³-hybridized carbons (Fsp3) is 0.882. The molecule has 5 fully saturated rings. The summed E-state index contributed by atoms with van der Waals surface area (Å²) in [7, 11) is 0. The molecule has 0 amide bonds. The Labute approximate surface area is 141 Å². The number of carbonyl (C=O) groups is 1. The summed E-state index contributed by atoms with van der Waals surface area (Å²) in [6.45, 7) is 2.07. The first-order chi connectivity index (χ1) is 11.1. The zero-order chi connectivity index (χ0) is 15.6. The molecule has 1 aromatic rings. The van der Waals surface area contributed by atoms with E-state index in [1.54, 1.807) is 11.8 Å². The molecule has 0 aliphatic heterocycles. The molecule has 0 radical (unpaired) electrons. The summed E-state index contributed by atoms with van der Waals surface area (Å²) in [6.07, 6.45) is 9.92. The van der Waals surface area contributed by atoms with Crippen LogP contribution in [0, 0.1) is 23.2 Å². The van der Waals surface area contributed by atoms with Crippen molar-refractivity contribution in [2.45, 2.75) is 74.7 Å². The number of nitrogens with zero attached hydrogens (tertiary/aromatic N) is 4. The molecule has 5 aliphatic carbocycles. The first kappa shape index (κ1) is 14.4. The summed E-state index contributed by atoms with van der Waals surface area (Å²) in [6, 6.07) is 0.467. The topological polar surface area (TPSA) is 60.7 Å². The molecule has 0 saturated heterocycles. The summed E-state index contributed by atoms with van der Waals surface area (Å²) >= 11 is 1.58. The monoisotopic (exact) mass is 332 g/mol. The van der Waals surface area contributed by atoms with E-state index in [0.29, 0.717) is 11.8 Å². The van der Waals surface area contributed by atoms with Crippen molar-refractivity contribution in [2.24, 2.45) is 23.2 Å². The van der Waals surface area contributed by atoms with Crippen LogP contribution in [0.5, 0.6) is 0 Å². The van der Waals surface area contributed by atoms with E-state index < -0.39 is 0 Å². The molecule has 5 nitrogen and oxygen atoms in total. The maximum atomic E-state index is 13.3. The van der Waals surface area contributed by atoms with Gasteiger partial charge in [-0.05, 0) is 86.5 Å². The molecule has 1 heterocycles. The van der Waals surface area contributed by atoms with Crippen molar-refractivity contribution >= 4 is 17.5 Å². The Balaban J connectivity index is 1.34. The summed E-state index contributed by atoms with van der Waals surface area (Å²) in [5.74, 6) is 2.93. The molecule has 124 valence electrons. The number of hydrogen-bond acceptors (Lipinski definition) is 5. The molecule has 0 spiro atoms. The van der Waals surface area contributed by atoms with Crippen LogP contribution < -0.4 is 0 Å². The molecule has 6 rings (SSSR count). The highest BCUT2D eigenvalue weighted by molar-refractivity contribution is 8.00. The average molecular weight is 332 g/mol. The van der Waals surface area contributed by atoms with E-state index in [2.05, 4.69) is 22.4 Å². The predicted molar refractivity (Wildman–Crippen MR) is 87.0 cm³/mol. The van der Waals surface area contributed by atoms with Crippen LogP contribution in [0.4, 0.5) is 0 Å². The number of thioether (sulfide) groups is 1. The van der Waals surface area contributed by atoms with Gasteiger partial charge in [-0.3, -0.25) is 4.79 Å². The van der Waals surface area contributed by atoms with Crippen LogP contribution in [0.1, 0.15) is 64.3 Å². The number of ketones is 1. The zero-order valence-corrected chi connectivity index (χ0v) is 14.5. The normalized spacial score (nSPS) is 39.6. The molecule has 0 aromatic carbocycles. The molecule has 5 saturated carbocycles. The average Bonchev–Trinajstić information content (AvgIpc) is 3.25. The number of aromatic nitrogens is 4. The molecule has 1 atom stereocenters. The number of hydrogen-bond donors (Lipinski definition) is 0. The minimum absolute atomic E-state index is 0.0149. The van der Waals surface area contributed by atoms with E-state index in [-0.39, 0.29) is 10.7 Å². The highest BCUT2D eigenvalue weighted by Gasteiger charge is 2.55. The van der Waals surface area contributed by atoms with Gasteiger partial charge in [-0.1, -0.05) is 11.8 Å². The molecule has 0 N–H and O–H groups in total. The van der Waals surface area contributed by atoms with Crippen molar-refractivity contribution < 1.29 is 4.79 Å². The van der Waals surface area contributed by atoms with Gasteiger partial charge in [0.1, 0.15) is 0 Å². The van der Waals surface area contributed by atoms with E-state index in [0.717, 1.165) is 55.0 Å². The van der Waals surface area contributed by atoms with Crippen LogP contribution >= 0.6 is 11.8 Å². The van der Waals surface area contributed by atoms with Crippen molar-refractivity contribution in [3.8, 4) is 0 Å². The van der Waals surface area contributed by atoms with Gasteiger partial charge in [0.15, 0.2) is 5.78 Å². The van der Waals surface area contributed by atoms with E-state index in [9.17, 15) is 4.79 Å². The Hall–Kier alpha value is -0.910. The first-order valence-corrected chi connectivity index (χ1v) is 10.00. The number of Topliss-reactive ketones (excluding diaryl/α,β-unsaturated/α-hetero) is 1. The summed E-state index contributed by atoms with van der Waals surface area (Å²) < 4.78 is 1.92. The molecule has 1 aromatic heterocycles. The largest absolute Gasteiger partial charge is 0.298 e. The third-order valence-electron chi connectivity index (χ3n) is 6.57. The second-order valence-electron chi connectivity index (χ2n) is 8.46. The van der Waals surface area contributed by atoms with Crippen molar-refractivity contribution in [3.05, 3.63) is 0 Å². The SMILES string of the molecule is CC(Sc1nnnn1C1CC1)C(=O)C12CC3CC(CC(C3)C1)C2. The fourth-order valence-electron chi connectivity index (χ4n) is 5.87. The Bertz CT molecular complexity index is 603. The van der Waals surface area contributed by atoms with E-state index in [4.69, 9.17) is 0 Å². The smallest absolute Gasteiger partial charge is 0.210 e. The Morgan fingerprint density at radius 1 is 1.17 bits per heavy atom. The molecule has 5 aliphatic rings. The lowest BCUT2D eigenvalue weighted by molar-refractivity contribution is -0.142. The van der Waals surface area contributed by atoms with Crippen molar-refractivity contribution in [2.75, 3.05) is 0 Å². The minimum Gasteiger partial charge on any atom is -0.298 e. The van der Waals surface area contributed by atoms with Crippen LogP contribution in [0.15, 0.2) is 5.16 Å². The molecule has 6 heteroatoms. The molecular formula is C17H24N4OS. The number of carbonyl (C=O) groups excluding carboxylic acids is 1. The number of tetrazole rings is 1. The molecular weight excluding hydrogens is 308 g/mol. The van der Waals surface area contributed by atoms with Gasteiger partial charge in [-0.25, -0.2) is 4.68 Å². The molecule has 23 heavy (non-hydrogen) atoms. The van der Waals surface area contributed by atoms with E-state index in [1.165, 1.54) is 19.3 Å². The van der Waals surface area contributed by atoms with Gasteiger partial charge in [0, 0.05) is 5.41 Å². The Morgan fingerprint density at radius 2 is 1.78 bits per heavy atom. The lowest BCUT2D eigenvalue weighted by Gasteiger charge is -2.56. The fourth-order valence-corrected chi connectivity index (χ4v) is 6.92. The predicted octanol–water partition coefficient (Wildman–Crippen LogP) is 3.27.